The molecule has 1 aromatic rings. The molecule has 0 aliphatic heterocycles. The highest BCUT2D eigenvalue weighted by atomic mass is 19.1. The molecular weight excluding hydrogens is 250 g/mol. The molecule has 0 atom stereocenters. The maximum absolute atomic E-state index is 13.3. The third kappa shape index (κ3) is 5.79. The van der Waals surface area contributed by atoms with E-state index in [0.717, 1.165) is 0 Å². The molecule has 2 N–H and O–H groups in total. The van der Waals surface area contributed by atoms with Crippen molar-refractivity contribution in [2.75, 3.05) is 6.54 Å². The van der Waals surface area contributed by atoms with Crippen molar-refractivity contribution in [1.29, 1.82) is 0 Å². The van der Waals surface area contributed by atoms with Crippen LogP contribution in [0.4, 0.5) is 8.78 Å². The van der Waals surface area contributed by atoms with E-state index >= 15 is 0 Å². The molecule has 1 amide bonds. The Morgan fingerprint density at radius 1 is 1.21 bits per heavy atom. The van der Waals surface area contributed by atoms with Crippen molar-refractivity contribution in [1.82, 2.24) is 10.6 Å². The van der Waals surface area contributed by atoms with Crippen LogP contribution in [0.5, 0.6) is 0 Å². The second-order valence-electron chi connectivity index (χ2n) is 5.43. The van der Waals surface area contributed by atoms with Crippen LogP contribution in [0.25, 0.3) is 0 Å². The van der Waals surface area contributed by atoms with Gasteiger partial charge >= 0.3 is 0 Å². The third-order valence-electron chi connectivity index (χ3n) is 2.41. The van der Waals surface area contributed by atoms with Crippen molar-refractivity contribution in [3.8, 4) is 0 Å². The molecule has 0 heterocycles. The van der Waals surface area contributed by atoms with E-state index in [1.165, 1.54) is 18.2 Å². The van der Waals surface area contributed by atoms with E-state index in [9.17, 15) is 13.6 Å². The van der Waals surface area contributed by atoms with E-state index in [4.69, 9.17) is 0 Å². The largest absolute Gasteiger partial charge is 0.351 e. The molecule has 0 spiro atoms. The first kappa shape index (κ1) is 15.6. The van der Waals surface area contributed by atoms with Crippen LogP contribution in [0.15, 0.2) is 18.2 Å². The van der Waals surface area contributed by atoms with Crippen molar-refractivity contribution in [3.05, 3.63) is 35.4 Å². The Kier molecular flexibility index (Phi) is 5.42. The van der Waals surface area contributed by atoms with E-state index in [1.54, 1.807) is 0 Å². The van der Waals surface area contributed by atoms with Gasteiger partial charge in [0.25, 0.3) is 0 Å². The lowest BCUT2D eigenvalue weighted by atomic mass is 10.1. The molecule has 0 radical (unpaired) electrons. The summed E-state index contributed by atoms with van der Waals surface area (Å²) in [4.78, 5) is 11.5. The molecule has 1 rings (SSSR count). The number of hydrogen-bond donors (Lipinski definition) is 2. The highest BCUT2D eigenvalue weighted by Gasteiger charge is 2.13. The Morgan fingerprint density at radius 2 is 1.79 bits per heavy atom. The summed E-state index contributed by atoms with van der Waals surface area (Å²) in [7, 11) is 0. The number of carbonyl (C=O) groups excluding carboxylic acids is 1. The highest BCUT2D eigenvalue weighted by molar-refractivity contribution is 5.76. The van der Waals surface area contributed by atoms with Gasteiger partial charge in [0.05, 0.1) is 0 Å². The summed E-state index contributed by atoms with van der Waals surface area (Å²) < 4.78 is 26.6. The van der Waals surface area contributed by atoms with Crippen LogP contribution < -0.4 is 10.6 Å². The molecule has 0 unspecified atom stereocenters. The molecule has 3 nitrogen and oxygen atoms in total. The van der Waals surface area contributed by atoms with Crippen molar-refractivity contribution in [2.24, 2.45) is 0 Å². The van der Waals surface area contributed by atoms with Gasteiger partial charge in [-0.1, -0.05) is 6.07 Å². The summed E-state index contributed by atoms with van der Waals surface area (Å²) in [5, 5.41) is 5.67. The zero-order chi connectivity index (χ0) is 14.5. The Hall–Kier alpha value is -1.49. The Bertz CT molecular complexity index is 421. The van der Waals surface area contributed by atoms with Crippen molar-refractivity contribution in [3.63, 3.8) is 0 Å². The second kappa shape index (κ2) is 6.61. The van der Waals surface area contributed by atoms with Crippen molar-refractivity contribution >= 4 is 5.91 Å². The topological polar surface area (TPSA) is 41.1 Å². The summed E-state index contributed by atoms with van der Waals surface area (Å²) in [6, 6.07) is 3.75. The molecule has 0 bridgehead atoms. The number of halogens is 2. The average Bonchev–Trinajstić information content (AvgIpc) is 2.25. The number of amides is 1. The third-order valence-corrected chi connectivity index (χ3v) is 2.41. The fraction of sp³-hybridized carbons (Fsp3) is 0.500. The standard InChI is InChI=1S/C14H20F2N2O/c1-14(2,3)18-13(19)7-8-17-9-10-11(15)5-4-6-12(10)16/h4-6,17H,7-9H2,1-3H3,(H,18,19). The van der Waals surface area contributed by atoms with Crippen LogP contribution >= 0.6 is 0 Å². The maximum atomic E-state index is 13.3. The fourth-order valence-corrected chi connectivity index (χ4v) is 1.60. The van der Waals surface area contributed by atoms with Gasteiger partial charge in [-0.2, -0.15) is 0 Å². The molecule has 0 aromatic heterocycles. The average molecular weight is 270 g/mol. The lowest BCUT2D eigenvalue weighted by Gasteiger charge is -2.20. The van der Waals surface area contributed by atoms with Crippen LogP contribution in [-0.2, 0) is 11.3 Å². The molecule has 1 aromatic carbocycles. The van der Waals surface area contributed by atoms with E-state index in [1.807, 2.05) is 20.8 Å². The van der Waals surface area contributed by atoms with Gasteiger partial charge in [-0.05, 0) is 32.9 Å². The highest BCUT2D eigenvalue weighted by Crippen LogP contribution is 2.11. The first-order chi connectivity index (χ1) is 8.79. The van der Waals surface area contributed by atoms with Gasteiger partial charge in [0.2, 0.25) is 5.91 Å². The van der Waals surface area contributed by atoms with Crippen molar-refractivity contribution in [2.45, 2.75) is 39.3 Å². The quantitative estimate of drug-likeness (QED) is 0.806. The number of rotatable bonds is 5. The number of hydrogen-bond acceptors (Lipinski definition) is 2. The molecule has 0 fully saturated rings. The number of benzene rings is 1. The summed E-state index contributed by atoms with van der Waals surface area (Å²) in [5.74, 6) is -1.24. The maximum Gasteiger partial charge on any atom is 0.221 e. The minimum absolute atomic E-state index is 0.00118. The molecule has 0 aliphatic rings. The molecule has 0 saturated heterocycles. The minimum atomic E-state index is -0.577. The monoisotopic (exact) mass is 270 g/mol. The van der Waals surface area contributed by atoms with Gasteiger partial charge < -0.3 is 10.6 Å². The predicted octanol–water partition coefficient (Wildman–Crippen LogP) is 2.36. The van der Waals surface area contributed by atoms with Crippen LogP contribution in [0.2, 0.25) is 0 Å². The van der Waals surface area contributed by atoms with Gasteiger partial charge in [0.1, 0.15) is 11.6 Å². The lowest BCUT2D eigenvalue weighted by molar-refractivity contribution is -0.122. The first-order valence-corrected chi connectivity index (χ1v) is 6.24. The summed E-state index contributed by atoms with van der Waals surface area (Å²) in [6.45, 7) is 6.13. The second-order valence-corrected chi connectivity index (χ2v) is 5.43. The minimum Gasteiger partial charge on any atom is -0.351 e. The number of carbonyl (C=O) groups is 1. The molecular formula is C14H20F2N2O. The summed E-state index contributed by atoms with van der Waals surface area (Å²) in [6.07, 6.45) is 0.271. The normalized spacial score (nSPS) is 11.4. The van der Waals surface area contributed by atoms with Crippen LogP contribution in [-0.4, -0.2) is 18.0 Å². The Balaban J connectivity index is 2.34. The van der Waals surface area contributed by atoms with Gasteiger partial charge in [-0.3, -0.25) is 4.79 Å². The zero-order valence-electron chi connectivity index (χ0n) is 11.5. The van der Waals surface area contributed by atoms with E-state index in [-0.39, 0.29) is 30.0 Å². The molecule has 5 heteroatoms. The van der Waals surface area contributed by atoms with Gasteiger partial charge in [-0.15, -0.1) is 0 Å². The van der Waals surface area contributed by atoms with Crippen LogP contribution in [0.1, 0.15) is 32.8 Å². The summed E-state index contributed by atoms with van der Waals surface area (Å²) in [5.41, 5.74) is -0.270. The van der Waals surface area contributed by atoms with E-state index in [2.05, 4.69) is 10.6 Å². The fourth-order valence-electron chi connectivity index (χ4n) is 1.60. The smallest absolute Gasteiger partial charge is 0.221 e. The predicted molar refractivity (Wildman–Crippen MR) is 70.6 cm³/mol. The van der Waals surface area contributed by atoms with Gasteiger partial charge in [0, 0.05) is 30.6 Å². The van der Waals surface area contributed by atoms with Gasteiger partial charge in [0.15, 0.2) is 0 Å². The Morgan fingerprint density at radius 3 is 2.32 bits per heavy atom. The first-order valence-electron chi connectivity index (χ1n) is 6.24. The lowest BCUT2D eigenvalue weighted by Crippen LogP contribution is -2.41. The van der Waals surface area contributed by atoms with Gasteiger partial charge in [-0.25, -0.2) is 8.78 Å². The van der Waals surface area contributed by atoms with Crippen LogP contribution in [0.3, 0.4) is 0 Å². The molecule has 0 aliphatic carbocycles. The molecule has 106 valence electrons. The summed E-state index contributed by atoms with van der Waals surface area (Å²) >= 11 is 0. The van der Waals surface area contributed by atoms with Crippen LogP contribution in [0, 0.1) is 11.6 Å². The molecule has 19 heavy (non-hydrogen) atoms. The Labute approximate surface area is 112 Å². The van der Waals surface area contributed by atoms with Crippen molar-refractivity contribution < 1.29 is 13.6 Å². The zero-order valence-corrected chi connectivity index (χ0v) is 11.5. The van der Waals surface area contributed by atoms with E-state index in [0.29, 0.717) is 6.54 Å². The SMILES string of the molecule is CC(C)(C)NC(=O)CCNCc1c(F)cccc1F. The van der Waals surface area contributed by atoms with E-state index < -0.39 is 11.6 Å². The number of nitrogens with one attached hydrogen (secondary N) is 2. The molecule has 0 saturated carbocycles.